The first-order chi connectivity index (χ1) is 5.45. The predicted octanol–water partition coefficient (Wildman–Crippen LogP) is 4.14. The lowest BCUT2D eigenvalue weighted by molar-refractivity contribution is 0.346. The van der Waals surface area contributed by atoms with Gasteiger partial charge < -0.3 is 4.74 Å². The lowest BCUT2D eigenvalue weighted by Gasteiger charge is -2.15. The van der Waals surface area contributed by atoms with Crippen LogP contribution in [0.25, 0.3) is 0 Å². The van der Waals surface area contributed by atoms with Crippen LogP contribution < -0.4 is 0 Å². The van der Waals surface area contributed by atoms with Crippen molar-refractivity contribution in [1.29, 1.82) is 0 Å². The molecule has 0 N–H and O–H groups in total. The molecule has 0 spiro atoms. The highest BCUT2D eigenvalue weighted by Crippen LogP contribution is 2.43. The molecule has 0 aliphatic carbocycles. The molecule has 0 heterocycles. The first-order valence-corrected chi connectivity index (χ1v) is 7.54. The smallest absolute Gasteiger partial charge is 0.231 e. The lowest BCUT2D eigenvalue weighted by Crippen LogP contribution is -2.04. The Bertz CT molecular complexity index is 141. The summed E-state index contributed by atoms with van der Waals surface area (Å²) in [5.41, 5.74) is 0. The van der Waals surface area contributed by atoms with Crippen molar-refractivity contribution in [1.82, 2.24) is 0 Å². The summed E-state index contributed by atoms with van der Waals surface area (Å²) in [6.07, 6.45) is 0. The number of hydrogen-bond donors (Lipinski definition) is 0. The Morgan fingerprint density at radius 3 is 2.42 bits per heavy atom. The predicted molar refractivity (Wildman–Crippen MR) is 66.8 cm³/mol. The first-order valence-electron chi connectivity index (χ1n) is 3.65. The monoisotopic (exact) mass is 242 g/mol. The van der Waals surface area contributed by atoms with E-state index in [4.69, 9.17) is 17.0 Å². The second-order valence-electron chi connectivity index (χ2n) is 3.03. The maximum absolute atomic E-state index is 5.12. The van der Waals surface area contributed by atoms with Crippen molar-refractivity contribution in [3.8, 4) is 0 Å². The van der Waals surface area contributed by atoms with Gasteiger partial charge in [0, 0.05) is 15.5 Å². The summed E-state index contributed by atoms with van der Waals surface area (Å²) in [6, 6.07) is 0. The van der Waals surface area contributed by atoms with Gasteiger partial charge in [-0.3, -0.25) is 0 Å². The highest BCUT2D eigenvalue weighted by Gasteiger charge is 2.12. The van der Waals surface area contributed by atoms with Crippen molar-refractivity contribution >= 4 is 48.0 Å². The number of hydrogen-bond acceptors (Lipinski definition) is 5. The zero-order valence-electron chi connectivity index (χ0n) is 7.75. The SMILES string of the molecule is CCOC(=S)SSSC(C)(C)C. The van der Waals surface area contributed by atoms with Gasteiger partial charge in [-0.15, -0.1) is 0 Å². The maximum Gasteiger partial charge on any atom is 0.231 e. The van der Waals surface area contributed by atoms with Crippen molar-refractivity contribution in [2.24, 2.45) is 0 Å². The minimum absolute atomic E-state index is 0.277. The summed E-state index contributed by atoms with van der Waals surface area (Å²) in [4.78, 5) is 0. The van der Waals surface area contributed by atoms with Gasteiger partial charge in [-0.1, -0.05) is 31.6 Å². The largest absolute Gasteiger partial charge is 0.478 e. The van der Waals surface area contributed by atoms with Crippen LogP contribution in [0.4, 0.5) is 0 Å². The van der Waals surface area contributed by atoms with Crippen molar-refractivity contribution in [3.05, 3.63) is 0 Å². The van der Waals surface area contributed by atoms with Gasteiger partial charge in [0.15, 0.2) is 0 Å². The molecule has 0 aliphatic rings. The quantitative estimate of drug-likeness (QED) is 0.542. The molecule has 0 saturated heterocycles. The van der Waals surface area contributed by atoms with Crippen molar-refractivity contribution < 1.29 is 4.74 Å². The van der Waals surface area contributed by atoms with Gasteiger partial charge in [0.2, 0.25) is 4.38 Å². The number of ether oxygens (including phenoxy) is 1. The van der Waals surface area contributed by atoms with Crippen molar-refractivity contribution in [2.75, 3.05) is 6.61 Å². The molecule has 0 aliphatic heterocycles. The molecule has 0 atom stereocenters. The molecular formula is C7H14OS4. The molecule has 5 heteroatoms. The Morgan fingerprint density at radius 2 is 2.00 bits per heavy atom. The Morgan fingerprint density at radius 1 is 1.42 bits per heavy atom. The van der Waals surface area contributed by atoms with Gasteiger partial charge >= 0.3 is 0 Å². The molecule has 0 radical (unpaired) electrons. The normalized spacial score (nSPS) is 11.3. The third-order valence-electron chi connectivity index (χ3n) is 0.648. The third-order valence-corrected chi connectivity index (χ3v) is 5.81. The van der Waals surface area contributed by atoms with E-state index in [9.17, 15) is 0 Å². The van der Waals surface area contributed by atoms with Crippen LogP contribution in [0.2, 0.25) is 0 Å². The molecular weight excluding hydrogens is 228 g/mol. The van der Waals surface area contributed by atoms with Crippen LogP contribution in [0, 0.1) is 0 Å². The summed E-state index contributed by atoms with van der Waals surface area (Å²) in [5.74, 6) is 0. The molecule has 0 bridgehead atoms. The van der Waals surface area contributed by atoms with Gasteiger partial charge in [0.25, 0.3) is 0 Å². The van der Waals surface area contributed by atoms with E-state index in [1.54, 1.807) is 20.6 Å². The van der Waals surface area contributed by atoms with Gasteiger partial charge in [0.1, 0.15) is 0 Å². The van der Waals surface area contributed by atoms with E-state index in [2.05, 4.69) is 20.8 Å². The third kappa shape index (κ3) is 9.03. The Balaban J connectivity index is 3.37. The highest BCUT2D eigenvalue weighted by atomic mass is 33.5. The van der Waals surface area contributed by atoms with E-state index < -0.39 is 0 Å². The summed E-state index contributed by atoms with van der Waals surface area (Å²) in [7, 11) is 4.99. The number of thiocarbonyl (C=S) groups is 1. The standard InChI is InChI=1S/C7H14OS4/c1-5-8-6(9)10-12-11-7(2,3)4/h5H2,1-4H3. The highest BCUT2D eigenvalue weighted by molar-refractivity contribution is 9.12. The van der Waals surface area contributed by atoms with Crippen molar-refractivity contribution in [3.63, 3.8) is 0 Å². The van der Waals surface area contributed by atoms with Gasteiger partial charge in [-0.05, 0) is 29.0 Å². The Kier molecular flexibility index (Phi) is 6.90. The number of rotatable bonds is 3. The zero-order valence-corrected chi connectivity index (χ0v) is 11.0. The fraction of sp³-hybridized carbons (Fsp3) is 0.857. The van der Waals surface area contributed by atoms with Crippen molar-refractivity contribution in [2.45, 2.75) is 32.4 Å². The molecule has 12 heavy (non-hydrogen) atoms. The van der Waals surface area contributed by atoms with Crippen LogP contribution in [-0.4, -0.2) is 15.7 Å². The second-order valence-corrected chi connectivity index (χ2v) is 8.36. The molecule has 1 nitrogen and oxygen atoms in total. The first kappa shape index (κ1) is 12.9. The van der Waals surface area contributed by atoms with E-state index in [1.165, 1.54) is 10.8 Å². The van der Waals surface area contributed by atoms with Crippen LogP contribution in [0.3, 0.4) is 0 Å². The van der Waals surface area contributed by atoms with Crippen LogP contribution >= 0.6 is 43.6 Å². The fourth-order valence-corrected chi connectivity index (χ4v) is 5.29. The molecule has 0 saturated carbocycles. The van der Waals surface area contributed by atoms with E-state index in [1.807, 2.05) is 6.92 Å². The fourth-order valence-electron chi connectivity index (χ4n) is 0.289. The summed E-state index contributed by atoms with van der Waals surface area (Å²) >= 11 is 4.95. The van der Waals surface area contributed by atoms with Gasteiger partial charge in [-0.25, -0.2) is 0 Å². The van der Waals surface area contributed by atoms with Crippen LogP contribution in [-0.2, 0) is 4.74 Å². The van der Waals surface area contributed by atoms with E-state index in [0.29, 0.717) is 11.0 Å². The lowest BCUT2D eigenvalue weighted by atomic mass is 10.3. The molecule has 0 aromatic carbocycles. The van der Waals surface area contributed by atoms with Crippen LogP contribution in [0.1, 0.15) is 27.7 Å². The molecule has 0 fully saturated rings. The van der Waals surface area contributed by atoms with Crippen LogP contribution in [0.5, 0.6) is 0 Å². The van der Waals surface area contributed by atoms with E-state index >= 15 is 0 Å². The Labute approximate surface area is 91.6 Å². The maximum atomic E-state index is 5.12. The molecule has 72 valence electrons. The van der Waals surface area contributed by atoms with E-state index in [0.717, 1.165) is 0 Å². The summed E-state index contributed by atoms with van der Waals surface area (Å²) in [5, 5.41) is 0. The molecule has 0 unspecified atom stereocenters. The minimum atomic E-state index is 0.277. The topological polar surface area (TPSA) is 9.23 Å². The minimum Gasteiger partial charge on any atom is -0.478 e. The second kappa shape index (κ2) is 6.40. The Hall–Kier alpha value is 0.940. The van der Waals surface area contributed by atoms with E-state index in [-0.39, 0.29) is 4.75 Å². The average molecular weight is 242 g/mol. The summed E-state index contributed by atoms with van der Waals surface area (Å²) < 4.78 is 6.02. The molecule has 0 aromatic rings. The molecule has 0 aromatic heterocycles. The summed E-state index contributed by atoms with van der Waals surface area (Å²) in [6.45, 7) is 9.12. The average Bonchev–Trinajstić information content (AvgIpc) is 1.84. The van der Waals surface area contributed by atoms with Gasteiger partial charge in [0.05, 0.1) is 6.61 Å². The molecule has 0 amide bonds. The zero-order chi connectivity index (χ0) is 9.61. The molecule has 0 rings (SSSR count). The van der Waals surface area contributed by atoms with Crippen LogP contribution in [0.15, 0.2) is 0 Å². The van der Waals surface area contributed by atoms with Gasteiger partial charge in [-0.2, -0.15) is 0 Å².